The molecule has 0 aliphatic heterocycles. The first-order chi connectivity index (χ1) is 9.74. The predicted molar refractivity (Wildman–Crippen MR) is 81.1 cm³/mol. The van der Waals surface area contributed by atoms with Crippen molar-refractivity contribution in [1.29, 1.82) is 0 Å². The Hall–Kier alpha value is -1.23. The lowest BCUT2D eigenvalue weighted by molar-refractivity contribution is 0.320. The van der Waals surface area contributed by atoms with E-state index in [-0.39, 0.29) is 0 Å². The number of aryl methyl sites for hydroxylation is 4. The number of nitrogens with zero attached hydrogens (tertiary/aromatic N) is 4. The zero-order valence-electron chi connectivity index (χ0n) is 12.3. The van der Waals surface area contributed by atoms with Gasteiger partial charge in [0.1, 0.15) is 11.6 Å². The summed E-state index contributed by atoms with van der Waals surface area (Å²) in [4.78, 5) is 10.3. The van der Waals surface area contributed by atoms with Crippen LogP contribution < -0.4 is 0 Å². The van der Waals surface area contributed by atoms with Crippen molar-refractivity contribution in [1.82, 2.24) is 19.7 Å². The van der Waals surface area contributed by atoms with Crippen LogP contribution >= 0.6 is 11.3 Å². The first kappa shape index (κ1) is 13.7. The van der Waals surface area contributed by atoms with Gasteiger partial charge in [-0.15, -0.1) is 11.3 Å². The fraction of sp³-hybridized carbons (Fsp3) is 0.667. The second-order valence-corrected chi connectivity index (χ2v) is 6.61. The molecule has 0 saturated heterocycles. The summed E-state index contributed by atoms with van der Waals surface area (Å²) in [6.45, 7) is 4.09. The number of hydrogen-bond donors (Lipinski definition) is 0. The molecule has 20 heavy (non-hydrogen) atoms. The molecule has 4 nitrogen and oxygen atoms in total. The summed E-state index contributed by atoms with van der Waals surface area (Å²) < 4.78 is 2.21. The molecule has 1 aliphatic rings. The Kier molecular flexibility index (Phi) is 4.15. The van der Waals surface area contributed by atoms with Crippen LogP contribution in [-0.2, 0) is 12.8 Å². The van der Waals surface area contributed by atoms with Gasteiger partial charge < -0.3 is 0 Å². The molecular weight excluding hydrogens is 268 g/mol. The highest BCUT2D eigenvalue weighted by molar-refractivity contribution is 7.09. The van der Waals surface area contributed by atoms with Crippen LogP contribution in [0.4, 0.5) is 0 Å². The number of thiazole rings is 1. The van der Waals surface area contributed by atoms with E-state index >= 15 is 0 Å². The van der Waals surface area contributed by atoms with Gasteiger partial charge in [0.15, 0.2) is 0 Å². The fourth-order valence-corrected chi connectivity index (χ4v) is 3.84. The van der Waals surface area contributed by atoms with Gasteiger partial charge in [-0.2, -0.15) is 5.10 Å². The molecule has 0 spiro atoms. The van der Waals surface area contributed by atoms with E-state index < -0.39 is 0 Å². The SMILES string of the molecule is Cc1nc(CCc2scnc2C)n(C2CCCCC2)n1. The summed E-state index contributed by atoms with van der Waals surface area (Å²) >= 11 is 1.75. The normalized spacial score (nSPS) is 16.7. The minimum Gasteiger partial charge on any atom is -0.250 e. The first-order valence-corrected chi connectivity index (χ1v) is 8.43. The second-order valence-electron chi connectivity index (χ2n) is 5.67. The third kappa shape index (κ3) is 2.92. The number of aromatic nitrogens is 4. The zero-order valence-corrected chi connectivity index (χ0v) is 13.1. The van der Waals surface area contributed by atoms with E-state index in [0.29, 0.717) is 6.04 Å². The maximum Gasteiger partial charge on any atom is 0.147 e. The van der Waals surface area contributed by atoms with Gasteiger partial charge in [0.25, 0.3) is 0 Å². The van der Waals surface area contributed by atoms with Gasteiger partial charge in [-0.05, 0) is 33.1 Å². The van der Waals surface area contributed by atoms with Crippen LogP contribution in [0.1, 0.15) is 60.4 Å². The van der Waals surface area contributed by atoms with Crippen molar-refractivity contribution in [2.75, 3.05) is 0 Å². The molecule has 108 valence electrons. The molecule has 0 N–H and O–H groups in total. The first-order valence-electron chi connectivity index (χ1n) is 7.55. The van der Waals surface area contributed by atoms with Crippen molar-refractivity contribution in [2.45, 2.75) is 64.8 Å². The molecular formula is C15H22N4S. The fourth-order valence-electron chi connectivity index (χ4n) is 3.05. The van der Waals surface area contributed by atoms with Crippen molar-refractivity contribution in [3.8, 4) is 0 Å². The molecule has 2 heterocycles. The van der Waals surface area contributed by atoms with Crippen LogP contribution in [0.25, 0.3) is 0 Å². The van der Waals surface area contributed by atoms with Gasteiger partial charge >= 0.3 is 0 Å². The average Bonchev–Trinajstić information content (AvgIpc) is 3.03. The van der Waals surface area contributed by atoms with E-state index in [1.807, 2.05) is 12.4 Å². The van der Waals surface area contributed by atoms with Crippen LogP contribution in [-0.4, -0.2) is 19.7 Å². The molecule has 2 aromatic rings. The monoisotopic (exact) mass is 290 g/mol. The lowest BCUT2D eigenvalue weighted by Gasteiger charge is -2.23. The van der Waals surface area contributed by atoms with Crippen molar-refractivity contribution in [3.63, 3.8) is 0 Å². The Morgan fingerprint density at radius 3 is 2.70 bits per heavy atom. The number of hydrogen-bond acceptors (Lipinski definition) is 4. The molecule has 1 fully saturated rings. The molecule has 0 radical (unpaired) electrons. The largest absolute Gasteiger partial charge is 0.250 e. The van der Waals surface area contributed by atoms with E-state index in [2.05, 4.69) is 26.7 Å². The molecule has 1 saturated carbocycles. The maximum atomic E-state index is 4.65. The Morgan fingerprint density at radius 1 is 1.20 bits per heavy atom. The van der Waals surface area contributed by atoms with Crippen LogP contribution in [0.15, 0.2) is 5.51 Å². The molecule has 3 rings (SSSR count). The van der Waals surface area contributed by atoms with Gasteiger partial charge in [-0.3, -0.25) is 0 Å². The van der Waals surface area contributed by atoms with Crippen LogP contribution in [0.3, 0.4) is 0 Å². The van der Waals surface area contributed by atoms with Gasteiger partial charge in [-0.1, -0.05) is 19.3 Å². The van der Waals surface area contributed by atoms with Gasteiger partial charge in [-0.25, -0.2) is 14.6 Å². The van der Waals surface area contributed by atoms with Gasteiger partial charge in [0.05, 0.1) is 17.2 Å². The minimum atomic E-state index is 0.572. The Labute approximate surface area is 124 Å². The van der Waals surface area contributed by atoms with E-state index in [9.17, 15) is 0 Å². The predicted octanol–water partition coefficient (Wildman–Crippen LogP) is 3.64. The highest BCUT2D eigenvalue weighted by Crippen LogP contribution is 2.28. The van der Waals surface area contributed by atoms with Crippen molar-refractivity contribution < 1.29 is 0 Å². The molecule has 1 aliphatic carbocycles. The summed E-state index contributed by atoms with van der Waals surface area (Å²) in [6, 6.07) is 0.572. The van der Waals surface area contributed by atoms with E-state index in [0.717, 1.165) is 30.2 Å². The van der Waals surface area contributed by atoms with Gasteiger partial charge in [0.2, 0.25) is 0 Å². The second kappa shape index (κ2) is 6.04. The Bertz CT molecular complexity index is 566. The molecule has 0 bridgehead atoms. The maximum absolute atomic E-state index is 4.65. The molecule has 0 amide bonds. The van der Waals surface area contributed by atoms with Crippen LogP contribution in [0, 0.1) is 13.8 Å². The Balaban J connectivity index is 1.74. The standard InChI is InChI=1S/C15H22N4S/c1-11-14(20-10-16-11)8-9-15-17-12(2)18-19(15)13-6-4-3-5-7-13/h10,13H,3-9H2,1-2H3. The Morgan fingerprint density at radius 2 is 2.00 bits per heavy atom. The third-order valence-corrected chi connectivity index (χ3v) is 5.14. The van der Waals surface area contributed by atoms with Crippen molar-refractivity contribution >= 4 is 11.3 Å². The summed E-state index contributed by atoms with van der Waals surface area (Å²) in [7, 11) is 0. The zero-order chi connectivity index (χ0) is 13.9. The lowest BCUT2D eigenvalue weighted by Crippen LogP contribution is -2.17. The third-order valence-electron chi connectivity index (χ3n) is 4.15. The molecule has 0 atom stereocenters. The van der Waals surface area contributed by atoms with E-state index in [1.54, 1.807) is 11.3 Å². The summed E-state index contributed by atoms with van der Waals surface area (Å²) in [5, 5.41) is 4.65. The number of rotatable bonds is 4. The summed E-state index contributed by atoms with van der Waals surface area (Å²) in [5.74, 6) is 2.06. The smallest absolute Gasteiger partial charge is 0.147 e. The highest BCUT2D eigenvalue weighted by atomic mass is 32.1. The quantitative estimate of drug-likeness (QED) is 0.863. The minimum absolute atomic E-state index is 0.572. The average molecular weight is 290 g/mol. The van der Waals surface area contributed by atoms with Crippen molar-refractivity contribution in [2.24, 2.45) is 0 Å². The van der Waals surface area contributed by atoms with Crippen LogP contribution in [0.5, 0.6) is 0 Å². The van der Waals surface area contributed by atoms with E-state index in [4.69, 9.17) is 0 Å². The molecule has 0 aromatic carbocycles. The van der Waals surface area contributed by atoms with E-state index in [1.165, 1.54) is 37.0 Å². The molecule has 5 heteroatoms. The summed E-state index contributed by atoms with van der Waals surface area (Å²) in [6.07, 6.45) is 8.56. The topological polar surface area (TPSA) is 43.6 Å². The van der Waals surface area contributed by atoms with Crippen molar-refractivity contribution in [3.05, 3.63) is 27.7 Å². The lowest BCUT2D eigenvalue weighted by atomic mass is 9.95. The molecule has 0 unspecified atom stereocenters. The highest BCUT2D eigenvalue weighted by Gasteiger charge is 2.20. The summed E-state index contributed by atoms with van der Waals surface area (Å²) in [5.41, 5.74) is 3.09. The molecule has 2 aromatic heterocycles. The van der Waals surface area contributed by atoms with Gasteiger partial charge in [0, 0.05) is 11.3 Å². The van der Waals surface area contributed by atoms with Crippen LogP contribution in [0.2, 0.25) is 0 Å².